The van der Waals surface area contributed by atoms with Crippen LogP contribution in [0.2, 0.25) is 0 Å². The van der Waals surface area contributed by atoms with Crippen LogP contribution >= 0.6 is 0 Å². The standard InChI is InChI=1S/C12H13FO3/c1-12(16,11(14)15)8-2-3-9-4-6-10(13)7-5-9/h2-7,16H,8H2,1H3,(H,14,15)/b3-2+. The molecule has 0 radical (unpaired) electrons. The first-order valence-corrected chi connectivity index (χ1v) is 4.80. The monoisotopic (exact) mass is 224 g/mol. The van der Waals surface area contributed by atoms with E-state index in [1.165, 1.54) is 19.1 Å². The summed E-state index contributed by atoms with van der Waals surface area (Å²) < 4.78 is 12.6. The molecule has 0 aliphatic rings. The van der Waals surface area contributed by atoms with Crippen molar-refractivity contribution < 1.29 is 19.4 Å². The molecule has 0 bridgehead atoms. The molecule has 0 aromatic heterocycles. The molecule has 1 unspecified atom stereocenters. The highest BCUT2D eigenvalue weighted by atomic mass is 19.1. The highest BCUT2D eigenvalue weighted by molar-refractivity contribution is 5.76. The number of aliphatic carboxylic acids is 1. The summed E-state index contributed by atoms with van der Waals surface area (Å²) in [6, 6.07) is 5.77. The third kappa shape index (κ3) is 3.47. The molecule has 1 rings (SSSR count). The summed E-state index contributed by atoms with van der Waals surface area (Å²) in [5, 5.41) is 18.0. The SMILES string of the molecule is CC(O)(C/C=C/c1ccc(F)cc1)C(=O)O. The van der Waals surface area contributed by atoms with Crippen LogP contribution in [-0.4, -0.2) is 21.8 Å². The van der Waals surface area contributed by atoms with Gasteiger partial charge in [0.25, 0.3) is 0 Å². The number of carboxylic acid groups (broad SMARTS) is 1. The quantitative estimate of drug-likeness (QED) is 0.823. The maximum Gasteiger partial charge on any atom is 0.335 e. The molecule has 86 valence electrons. The third-order valence-corrected chi connectivity index (χ3v) is 2.16. The molecule has 2 N–H and O–H groups in total. The molecule has 1 atom stereocenters. The predicted octanol–water partition coefficient (Wildman–Crippen LogP) is 2.06. The minimum Gasteiger partial charge on any atom is -0.479 e. The van der Waals surface area contributed by atoms with Crippen molar-refractivity contribution in [1.29, 1.82) is 0 Å². The van der Waals surface area contributed by atoms with E-state index in [9.17, 15) is 14.3 Å². The van der Waals surface area contributed by atoms with E-state index in [-0.39, 0.29) is 12.2 Å². The molecule has 0 aliphatic carbocycles. The van der Waals surface area contributed by atoms with Crippen molar-refractivity contribution in [2.24, 2.45) is 0 Å². The van der Waals surface area contributed by atoms with Gasteiger partial charge in [-0.25, -0.2) is 9.18 Å². The number of benzene rings is 1. The van der Waals surface area contributed by atoms with Gasteiger partial charge in [0.2, 0.25) is 0 Å². The molecule has 3 nitrogen and oxygen atoms in total. The summed E-state index contributed by atoms with van der Waals surface area (Å²) in [7, 11) is 0. The van der Waals surface area contributed by atoms with Gasteiger partial charge in [-0.2, -0.15) is 0 Å². The largest absolute Gasteiger partial charge is 0.479 e. The number of halogens is 1. The Hall–Kier alpha value is -1.68. The Labute approximate surface area is 92.8 Å². The van der Waals surface area contributed by atoms with Crippen molar-refractivity contribution >= 4 is 12.0 Å². The minimum atomic E-state index is -1.77. The molecule has 4 heteroatoms. The van der Waals surface area contributed by atoms with E-state index in [2.05, 4.69) is 0 Å². The van der Waals surface area contributed by atoms with E-state index in [4.69, 9.17) is 5.11 Å². The number of carboxylic acids is 1. The lowest BCUT2D eigenvalue weighted by atomic mass is 10.0. The second kappa shape index (κ2) is 4.90. The number of carbonyl (C=O) groups is 1. The van der Waals surface area contributed by atoms with Crippen molar-refractivity contribution in [3.8, 4) is 0 Å². The van der Waals surface area contributed by atoms with Gasteiger partial charge in [0, 0.05) is 6.42 Å². The Bertz CT molecular complexity index is 393. The van der Waals surface area contributed by atoms with Crippen molar-refractivity contribution in [1.82, 2.24) is 0 Å². The molecule has 16 heavy (non-hydrogen) atoms. The second-order valence-corrected chi connectivity index (χ2v) is 3.74. The van der Waals surface area contributed by atoms with E-state index in [1.54, 1.807) is 24.3 Å². The average Bonchev–Trinajstić information content (AvgIpc) is 2.20. The molecule has 0 spiro atoms. The van der Waals surface area contributed by atoms with Gasteiger partial charge in [0.05, 0.1) is 0 Å². The zero-order valence-electron chi connectivity index (χ0n) is 8.85. The van der Waals surface area contributed by atoms with Gasteiger partial charge >= 0.3 is 5.97 Å². The summed E-state index contributed by atoms with van der Waals surface area (Å²) in [6.45, 7) is 1.23. The Morgan fingerprint density at radius 3 is 2.50 bits per heavy atom. The molecule has 1 aromatic carbocycles. The molecule has 0 fully saturated rings. The first kappa shape index (κ1) is 12.4. The lowest BCUT2D eigenvalue weighted by molar-refractivity contribution is -0.156. The number of hydrogen-bond donors (Lipinski definition) is 2. The topological polar surface area (TPSA) is 57.5 Å². The Kier molecular flexibility index (Phi) is 3.79. The molecular weight excluding hydrogens is 211 g/mol. The lowest BCUT2D eigenvalue weighted by Gasteiger charge is -2.14. The molecular formula is C12H13FO3. The fourth-order valence-corrected chi connectivity index (χ4v) is 1.09. The predicted molar refractivity (Wildman–Crippen MR) is 58.3 cm³/mol. The van der Waals surface area contributed by atoms with Crippen LogP contribution in [0.1, 0.15) is 18.9 Å². The number of aliphatic hydroxyl groups is 1. The van der Waals surface area contributed by atoms with Crippen LogP contribution in [-0.2, 0) is 4.79 Å². The molecule has 0 saturated carbocycles. The van der Waals surface area contributed by atoms with E-state index >= 15 is 0 Å². The molecule has 0 aliphatic heterocycles. The summed E-state index contributed by atoms with van der Waals surface area (Å²) in [5.74, 6) is -1.59. The zero-order valence-corrected chi connectivity index (χ0v) is 8.85. The summed E-state index contributed by atoms with van der Waals surface area (Å²) in [4.78, 5) is 10.6. The molecule has 0 saturated heterocycles. The van der Waals surface area contributed by atoms with Crippen LogP contribution in [0.4, 0.5) is 4.39 Å². The summed E-state index contributed by atoms with van der Waals surface area (Å²) in [6.07, 6.45) is 3.18. The van der Waals surface area contributed by atoms with Gasteiger partial charge < -0.3 is 10.2 Å². The van der Waals surface area contributed by atoms with Crippen molar-refractivity contribution in [3.63, 3.8) is 0 Å². The zero-order chi connectivity index (χ0) is 12.2. The molecule has 0 heterocycles. The van der Waals surface area contributed by atoms with E-state index in [0.717, 1.165) is 5.56 Å². The number of rotatable bonds is 4. The Morgan fingerprint density at radius 2 is 2.00 bits per heavy atom. The lowest BCUT2D eigenvalue weighted by Crippen LogP contribution is -2.33. The minimum absolute atomic E-state index is 0.000288. The van der Waals surface area contributed by atoms with Gasteiger partial charge in [-0.3, -0.25) is 0 Å². The summed E-state index contributed by atoms with van der Waals surface area (Å²) in [5.41, 5.74) is -1.01. The first-order chi connectivity index (χ1) is 7.42. The van der Waals surface area contributed by atoms with Crippen molar-refractivity contribution in [3.05, 3.63) is 41.7 Å². The normalized spacial score (nSPS) is 14.9. The van der Waals surface area contributed by atoms with Crippen molar-refractivity contribution in [2.75, 3.05) is 0 Å². The van der Waals surface area contributed by atoms with E-state index in [1.807, 2.05) is 0 Å². The maximum absolute atomic E-state index is 12.6. The number of hydrogen-bond acceptors (Lipinski definition) is 2. The highest BCUT2D eigenvalue weighted by Gasteiger charge is 2.27. The Morgan fingerprint density at radius 1 is 1.44 bits per heavy atom. The highest BCUT2D eigenvalue weighted by Crippen LogP contribution is 2.12. The molecule has 0 amide bonds. The maximum atomic E-state index is 12.6. The van der Waals surface area contributed by atoms with Crippen LogP contribution in [0.25, 0.3) is 6.08 Å². The van der Waals surface area contributed by atoms with Crippen molar-refractivity contribution in [2.45, 2.75) is 18.9 Å². The fourth-order valence-electron chi connectivity index (χ4n) is 1.09. The third-order valence-electron chi connectivity index (χ3n) is 2.16. The van der Waals surface area contributed by atoms with Crippen LogP contribution < -0.4 is 0 Å². The van der Waals surface area contributed by atoms with Gasteiger partial charge in [-0.1, -0.05) is 24.3 Å². The first-order valence-electron chi connectivity index (χ1n) is 4.80. The average molecular weight is 224 g/mol. The molecule has 1 aromatic rings. The second-order valence-electron chi connectivity index (χ2n) is 3.74. The smallest absolute Gasteiger partial charge is 0.335 e. The summed E-state index contributed by atoms with van der Waals surface area (Å²) >= 11 is 0. The van der Waals surface area contributed by atoms with Gasteiger partial charge in [0.1, 0.15) is 5.82 Å². The van der Waals surface area contributed by atoms with E-state index < -0.39 is 11.6 Å². The van der Waals surface area contributed by atoms with Crippen LogP contribution in [0, 0.1) is 5.82 Å². The van der Waals surface area contributed by atoms with Gasteiger partial charge in [-0.15, -0.1) is 0 Å². The Balaban J connectivity index is 2.62. The fraction of sp³-hybridized carbons (Fsp3) is 0.250. The van der Waals surface area contributed by atoms with Crippen LogP contribution in [0.3, 0.4) is 0 Å². The van der Waals surface area contributed by atoms with Gasteiger partial charge in [0.15, 0.2) is 5.60 Å². The van der Waals surface area contributed by atoms with Crippen LogP contribution in [0.15, 0.2) is 30.3 Å². The van der Waals surface area contributed by atoms with Crippen LogP contribution in [0.5, 0.6) is 0 Å². The van der Waals surface area contributed by atoms with Gasteiger partial charge in [-0.05, 0) is 24.6 Å². The van der Waals surface area contributed by atoms with E-state index in [0.29, 0.717) is 0 Å².